The molecule has 1 aromatic rings. The Hall–Kier alpha value is -1.18. The smallest absolute Gasteiger partial charge is 0.142 e. The largest absolute Gasteiger partial charge is 0.490 e. The van der Waals surface area contributed by atoms with Gasteiger partial charge in [-0.15, -0.1) is 0 Å². The maximum Gasteiger partial charge on any atom is 0.142 e. The molecule has 1 heterocycles. The Morgan fingerprint density at radius 3 is 2.79 bits per heavy atom. The van der Waals surface area contributed by atoms with Crippen molar-refractivity contribution in [1.82, 2.24) is 0 Å². The normalized spacial score (nSPS) is 12.8. The molecule has 0 aromatic heterocycles. The van der Waals surface area contributed by atoms with Crippen LogP contribution in [0.5, 0.6) is 5.75 Å². The summed E-state index contributed by atoms with van der Waals surface area (Å²) in [5, 5.41) is 3.26. The van der Waals surface area contributed by atoms with Crippen molar-refractivity contribution in [2.75, 3.05) is 18.5 Å². The monoisotopic (exact) mass is 193 g/mol. The Kier molecular flexibility index (Phi) is 4.30. The zero-order valence-electron chi connectivity index (χ0n) is 9.26. The molecule has 0 bridgehead atoms. The van der Waals surface area contributed by atoms with Gasteiger partial charge in [0.2, 0.25) is 0 Å². The Bertz CT molecular complexity index is 284. The summed E-state index contributed by atoms with van der Waals surface area (Å²) in [6, 6.07) is 6.20. The highest BCUT2D eigenvalue weighted by molar-refractivity contribution is 5.58. The van der Waals surface area contributed by atoms with Crippen LogP contribution in [0.4, 0.5) is 5.69 Å². The number of hydrogen-bond donors (Lipinski definition) is 1. The van der Waals surface area contributed by atoms with Crippen LogP contribution in [0.15, 0.2) is 18.2 Å². The Labute approximate surface area is 86.3 Å². The van der Waals surface area contributed by atoms with Gasteiger partial charge in [-0.3, -0.25) is 0 Å². The van der Waals surface area contributed by atoms with Gasteiger partial charge in [-0.1, -0.05) is 26.3 Å². The minimum atomic E-state index is 0.774. The Morgan fingerprint density at radius 1 is 1.36 bits per heavy atom. The highest BCUT2D eigenvalue weighted by Crippen LogP contribution is 2.27. The van der Waals surface area contributed by atoms with Gasteiger partial charge < -0.3 is 10.1 Å². The highest BCUT2D eigenvalue weighted by Gasteiger charge is 2.07. The number of aryl methyl sites for hydroxylation is 1. The van der Waals surface area contributed by atoms with E-state index in [0.29, 0.717) is 0 Å². The van der Waals surface area contributed by atoms with Gasteiger partial charge in [0.1, 0.15) is 12.4 Å². The standard InChI is InChI=1S/C9H11NO.C3H8/c1-7-2-3-8-9(6-7)11-5-4-10-8;1-3-2/h2-3,6,10H,4-5H2,1H3;3H2,1-2H3. The van der Waals surface area contributed by atoms with Gasteiger partial charge in [-0.25, -0.2) is 0 Å². The van der Waals surface area contributed by atoms with Crippen molar-refractivity contribution in [1.29, 1.82) is 0 Å². The van der Waals surface area contributed by atoms with Crippen LogP contribution in [0, 0.1) is 6.92 Å². The predicted octanol–water partition coefficient (Wildman–Crippen LogP) is 3.22. The second-order valence-corrected chi connectivity index (χ2v) is 3.48. The van der Waals surface area contributed by atoms with Crippen molar-refractivity contribution in [2.24, 2.45) is 0 Å². The first-order chi connectivity index (χ1) is 6.77. The van der Waals surface area contributed by atoms with Crippen molar-refractivity contribution >= 4 is 5.69 Å². The Morgan fingerprint density at radius 2 is 2.07 bits per heavy atom. The Balaban J connectivity index is 0.000000293. The van der Waals surface area contributed by atoms with Gasteiger partial charge in [0.15, 0.2) is 0 Å². The average Bonchev–Trinajstić information content (AvgIpc) is 2.19. The number of fused-ring (bicyclic) bond motifs is 1. The molecule has 0 spiro atoms. The molecule has 1 aliphatic heterocycles. The lowest BCUT2D eigenvalue weighted by atomic mass is 10.2. The summed E-state index contributed by atoms with van der Waals surface area (Å²) in [5.74, 6) is 0.983. The highest BCUT2D eigenvalue weighted by atomic mass is 16.5. The maximum absolute atomic E-state index is 5.44. The van der Waals surface area contributed by atoms with Crippen molar-refractivity contribution in [2.45, 2.75) is 27.2 Å². The lowest BCUT2D eigenvalue weighted by Gasteiger charge is -2.18. The quantitative estimate of drug-likeness (QED) is 0.683. The van der Waals surface area contributed by atoms with E-state index in [1.54, 1.807) is 0 Å². The number of hydrogen-bond acceptors (Lipinski definition) is 2. The number of ether oxygens (including phenoxy) is 1. The topological polar surface area (TPSA) is 21.3 Å². The zero-order valence-corrected chi connectivity index (χ0v) is 9.26. The third kappa shape index (κ3) is 2.95. The molecule has 0 saturated heterocycles. The van der Waals surface area contributed by atoms with Crippen LogP contribution in [-0.4, -0.2) is 13.2 Å². The molecule has 1 aliphatic rings. The fourth-order valence-corrected chi connectivity index (χ4v) is 1.24. The summed E-state index contributed by atoms with van der Waals surface area (Å²) in [6.45, 7) is 8.00. The number of nitrogens with one attached hydrogen (secondary N) is 1. The van der Waals surface area contributed by atoms with E-state index in [2.05, 4.69) is 44.3 Å². The van der Waals surface area contributed by atoms with E-state index in [1.165, 1.54) is 12.0 Å². The minimum absolute atomic E-state index is 0.774. The third-order valence-corrected chi connectivity index (χ3v) is 1.81. The molecular formula is C12H19NO. The molecule has 0 unspecified atom stereocenters. The zero-order chi connectivity index (χ0) is 10.4. The van der Waals surface area contributed by atoms with Gasteiger partial charge in [-0.2, -0.15) is 0 Å². The fraction of sp³-hybridized carbons (Fsp3) is 0.500. The molecule has 0 amide bonds. The van der Waals surface area contributed by atoms with Gasteiger partial charge in [0.05, 0.1) is 5.69 Å². The van der Waals surface area contributed by atoms with Crippen LogP contribution < -0.4 is 10.1 Å². The summed E-state index contributed by atoms with van der Waals surface area (Å²) in [6.07, 6.45) is 1.25. The molecule has 1 N–H and O–H groups in total. The molecule has 1 aromatic carbocycles. The summed E-state index contributed by atoms with van der Waals surface area (Å²) in [7, 11) is 0. The first kappa shape index (κ1) is 10.9. The lowest BCUT2D eigenvalue weighted by molar-refractivity contribution is 0.323. The van der Waals surface area contributed by atoms with Crippen LogP contribution in [-0.2, 0) is 0 Å². The van der Waals surface area contributed by atoms with Crippen molar-refractivity contribution in [3.63, 3.8) is 0 Å². The van der Waals surface area contributed by atoms with E-state index in [4.69, 9.17) is 4.74 Å². The van der Waals surface area contributed by atoms with E-state index in [9.17, 15) is 0 Å². The van der Waals surface area contributed by atoms with E-state index in [0.717, 1.165) is 24.6 Å². The molecule has 0 atom stereocenters. The fourth-order valence-electron chi connectivity index (χ4n) is 1.24. The molecule has 0 fully saturated rings. The van der Waals surface area contributed by atoms with Crippen LogP contribution in [0.3, 0.4) is 0 Å². The number of benzene rings is 1. The minimum Gasteiger partial charge on any atom is -0.490 e. The number of rotatable bonds is 0. The molecule has 2 nitrogen and oxygen atoms in total. The van der Waals surface area contributed by atoms with E-state index < -0.39 is 0 Å². The van der Waals surface area contributed by atoms with Crippen LogP contribution in [0.25, 0.3) is 0 Å². The number of anilines is 1. The maximum atomic E-state index is 5.44. The van der Waals surface area contributed by atoms with Gasteiger partial charge >= 0.3 is 0 Å². The van der Waals surface area contributed by atoms with Crippen LogP contribution >= 0.6 is 0 Å². The van der Waals surface area contributed by atoms with Gasteiger partial charge in [0.25, 0.3) is 0 Å². The molecule has 0 radical (unpaired) electrons. The second kappa shape index (κ2) is 5.53. The first-order valence-electron chi connectivity index (χ1n) is 5.25. The molecule has 0 aliphatic carbocycles. The molecule has 2 rings (SSSR count). The van der Waals surface area contributed by atoms with Gasteiger partial charge in [-0.05, 0) is 24.6 Å². The van der Waals surface area contributed by atoms with E-state index in [1.807, 2.05) is 0 Å². The summed E-state index contributed by atoms with van der Waals surface area (Å²) in [5.41, 5.74) is 2.36. The van der Waals surface area contributed by atoms with Crippen molar-refractivity contribution in [3.05, 3.63) is 23.8 Å². The second-order valence-electron chi connectivity index (χ2n) is 3.48. The third-order valence-electron chi connectivity index (χ3n) is 1.81. The molecular weight excluding hydrogens is 174 g/mol. The summed E-state index contributed by atoms with van der Waals surface area (Å²) < 4.78 is 5.44. The van der Waals surface area contributed by atoms with Crippen molar-refractivity contribution < 1.29 is 4.74 Å². The van der Waals surface area contributed by atoms with E-state index >= 15 is 0 Å². The van der Waals surface area contributed by atoms with Crippen LogP contribution in [0.2, 0.25) is 0 Å². The summed E-state index contributed by atoms with van der Waals surface area (Å²) >= 11 is 0. The average molecular weight is 193 g/mol. The van der Waals surface area contributed by atoms with Gasteiger partial charge in [0, 0.05) is 6.54 Å². The lowest BCUT2D eigenvalue weighted by Crippen LogP contribution is -2.17. The SMILES string of the molecule is CCC.Cc1ccc2c(c1)OCCN2. The first-order valence-corrected chi connectivity index (χ1v) is 5.25. The van der Waals surface area contributed by atoms with Crippen molar-refractivity contribution in [3.8, 4) is 5.75 Å². The molecule has 14 heavy (non-hydrogen) atoms. The summed E-state index contributed by atoms with van der Waals surface area (Å²) in [4.78, 5) is 0. The molecule has 2 heteroatoms. The molecule has 78 valence electrons. The molecule has 0 saturated carbocycles. The van der Waals surface area contributed by atoms with Crippen LogP contribution in [0.1, 0.15) is 25.8 Å². The predicted molar refractivity (Wildman–Crippen MR) is 61.1 cm³/mol. The van der Waals surface area contributed by atoms with E-state index in [-0.39, 0.29) is 0 Å².